The van der Waals surface area contributed by atoms with E-state index < -0.39 is 10.0 Å². The zero-order chi connectivity index (χ0) is 16.6. The SMILES string of the molecule is Cc1[nH]nc(-c2ccc(S(=O)(=O)Nc3cccc(Cl)c3)s2)c1C. The fourth-order valence-electron chi connectivity index (χ4n) is 2.07. The molecule has 5 nitrogen and oxygen atoms in total. The predicted octanol–water partition coefficient (Wildman–Crippen LogP) is 4.21. The summed E-state index contributed by atoms with van der Waals surface area (Å²) in [4.78, 5) is 0.804. The number of H-pyrrole nitrogens is 1. The molecule has 2 heterocycles. The molecule has 3 aromatic rings. The van der Waals surface area contributed by atoms with E-state index in [4.69, 9.17) is 11.6 Å². The van der Waals surface area contributed by atoms with Gasteiger partial charge in [0.2, 0.25) is 0 Å². The van der Waals surface area contributed by atoms with Crippen molar-refractivity contribution < 1.29 is 8.42 Å². The van der Waals surface area contributed by atoms with Crippen LogP contribution in [0, 0.1) is 13.8 Å². The van der Waals surface area contributed by atoms with Gasteiger partial charge >= 0.3 is 0 Å². The smallest absolute Gasteiger partial charge is 0.271 e. The zero-order valence-electron chi connectivity index (χ0n) is 12.4. The van der Waals surface area contributed by atoms with E-state index in [9.17, 15) is 8.42 Å². The molecular formula is C15H14ClN3O2S2. The molecule has 120 valence electrons. The Kier molecular flexibility index (Phi) is 4.18. The number of hydrogen-bond acceptors (Lipinski definition) is 4. The third-order valence-corrected chi connectivity index (χ3v) is 6.61. The number of aromatic nitrogens is 2. The zero-order valence-corrected chi connectivity index (χ0v) is 14.8. The summed E-state index contributed by atoms with van der Waals surface area (Å²) < 4.78 is 27.7. The Bertz CT molecular complexity index is 961. The number of halogens is 1. The molecule has 0 amide bonds. The molecule has 23 heavy (non-hydrogen) atoms. The molecule has 1 aromatic carbocycles. The highest BCUT2D eigenvalue weighted by Gasteiger charge is 2.19. The van der Waals surface area contributed by atoms with E-state index in [-0.39, 0.29) is 4.21 Å². The molecule has 0 radical (unpaired) electrons. The molecule has 0 atom stereocenters. The Labute approximate surface area is 143 Å². The number of sulfonamides is 1. The second-order valence-corrected chi connectivity index (χ2v) is 8.49. The summed E-state index contributed by atoms with van der Waals surface area (Å²) >= 11 is 7.06. The Morgan fingerprint density at radius 1 is 1.22 bits per heavy atom. The fraction of sp³-hybridized carbons (Fsp3) is 0.133. The van der Waals surface area contributed by atoms with Gasteiger partial charge in [-0.05, 0) is 49.7 Å². The lowest BCUT2D eigenvalue weighted by Gasteiger charge is -2.06. The van der Waals surface area contributed by atoms with E-state index >= 15 is 0 Å². The van der Waals surface area contributed by atoms with Gasteiger partial charge in [-0.15, -0.1) is 11.3 Å². The Morgan fingerprint density at radius 3 is 2.65 bits per heavy atom. The molecule has 0 saturated carbocycles. The second kappa shape index (κ2) is 5.99. The van der Waals surface area contributed by atoms with E-state index in [0.717, 1.165) is 21.8 Å². The van der Waals surface area contributed by atoms with Gasteiger partial charge in [-0.2, -0.15) is 5.10 Å². The first-order chi connectivity index (χ1) is 10.9. The van der Waals surface area contributed by atoms with Crippen LogP contribution in [0.5, 0.6) is 0 Å². The highest BCUT2D eigenvalue weighted by molar-refractivity contribution is 7.94. The van der Waals surface area contributed by atoms with Crippen molar-refractivity contribution in [1.29, 1.82) is 0 Å². The summed E-state index contributed by atoms with van der Waals surface area (Å²) in [5.74, 6) is 0. The van der Waals surface area contributed by atoms with E-state index in [2.05, 4.69) is 14.9 Å². The van der Waals surface area contributed by atoms with Crippen molar-refractivity contribution in [1.82, 2.24) is 10.2 Å². The standard InChI is InChI=1S/C15H14ClN3O2S2/c1-9-10(2)17-18-15(9)13-6-7-14(22-13)23(20,21)19-12-5-3-4-11(16)8-12/h3-8,19H,1-2H3,(H,17,18). The van der Waals surface area contributed by atoms with Gasteiger partial charge in [-0.3, -0.25) is 9.82 Å². The van der Waals surface area contributed by atoms with Gasteiger partial charge in [-0.25, -0.2) is 8.42 Å². The minimum Gasteiger partial charge on any atom is -0.282 e. The normalized spacial score (nSPS) is 11.6. The van der Waals surface area contributed by atoms with Gasteiger partial charge in [0.05, 0.1) is 10.6 Å². The maximum absolute atomic E-state index is 12.5. The van der Waals surface area contributed by atoms with Crippen LogP contribution in [0.15, 0.2) is 40.6 Å². The average molecular weight is 368 g/mol. The van der Waals surface area contributed by atoms with Crippen molar-refractivity contribution in [3.05, 3.63) is 52.7 Å². The number of nitrogens with one attached hydrogen (secondary N) is 2. The number of rotatable bonds is 4. The lowest BCUT2D eigenvalue weighted by molar-refractivity contribution is 0.603. The summed E-state index contributed by atoms with van der Waals surface area (Å²) in [6.45, 7) is 3.88. The molecule has 0 unspecified atom stereocenters. The molecule has 0 aliphatic carbocycles. The van der Waals surface area contributed by atoms with E-state index in [1.807, 2.05) is 13.8 Å². The van der Waals surface area contributed by atoms with Crippen LogP contribution in [0.1, 0.15) is 11.3 Å². The first-order valence-electron chi connectivity index (χ1n) is 6.77. The molecule has 2 N–H and O–H groups in total. The molecule has 8 heteroatoms. The Balaban J connectivity index is 1.91. The van der Waals surface area contributed by atoms with E-state index in [1.54, 1.807) is 36.4 Å². The van der Waals surface area contributed by atoms with Crippen LogP contribution in [0.4, 0.5) is 5.69 Å². The van der Waals surface area contributed by atoms with Gasteiger partial charge < -0.3 is 0 Å². The predicted molar refractivity (Wildman–Crippen MR) is 93.6 cm³/mol. The van der Waals surface area contributed by atoms with Crippen molar-refractivity contribution in [2.45, 2.75) is 18.1 Å². The summed E-state index contributed by atoms with van der Waals surface area (Å²) in [5.41, 5.74) is 3.18. The number of hydrogen-bond donors (Lipinski definition) is 2. The van der Waals surface area contributed by atoms with Gasteiger partial charge in [0, 0.05) is 10.7 Å². The summed E-state index contributed by atoms with van der Waals surface area (Å²) in [6, 6.07) is 9.94. The number of nitrogens with zero attached hydrogens (tertiary/aromatic N) is 1. The largest absolute Gasteiger partial charge is 0.282 e. The Hall–Kier alpha value is -1.83. The van der Waals surface area contributed by atoms with Crippen LogP contribution in [-0.4, -0.2) is 18.6 Å². The molecule has 0 fully saturated rings. The van der Waals surface area contributed by atoms with Crippen LogP contribution in [0.25, 0.3) is 10.6 Å². The maximum Gasteiger partial charge on any atom is 0.271 e. The minimum atomic E-state index is -3.65. The lowest BCUT2D eigenvalue weighted by atomic mass is 10.2. The minimum absolute atomic E-state index is 0.229. The van der Waals surface area contributed by atoms with Crippen molar-refractivity contribution in [2.24, 2.45) is 0 Å². The number of benzene rings is 1. The first kappa shape index (κ1) is 16.0. The molecule has 0 bridgehead atoms. The molecule has 3 rings (SSSR count). The van der Waals surface area contributed by atoms with Crippen molar-refractivity contribution in [3.8, 4) is 10.6 Å². The number of aryl methyl sites for hydroxylation is 1. The quantitative estimate of drug-likeness (QED) is 0.725. The summed E-state index contributed by atoms with van der Waals surface area (Å²) in [7, 11) is -3.65. The Morgan fingerprint density at radius 2 is 2.00 bits per heavy atom. The number of thiophene rings is 1. The monoisotopic (exact) mass is 367 g/mol. The summed E-state index contributed by atoms with van der Waals surface area (Å²) in [6.07, 6.45) is 0. The van der Waals surface area contributed by atoms with Gasteiger partial charge in [-0.1, -0.05) is 17.7 Å². The number of anilines is 1. The molecule has 0 saturated heterocycles. The fourth-order valence-corrected chi connectivity index (χ4v) is 4.67. The molecule has 0 aliphatic rings. The number of aromatic amines is 1. The van der Waals surface area contributed by atoms with Crippen molar-refractivity contribution >= 4 is 38.6 Å². The van der Waals surface area contributed by atoms with E-state index in [0.29, 0.717) is 10.7 Å². The van der Waals surface area contributed by atoms with Gasteiger partial charge in [0.1, 0.15) is 9.90 Å². The highest BCUT2D eigenvalue weighted by atomic mass is 35.5. The van der Waals surface area contributed by atoms with E-state index in [1.165, 1.54) is 11.3 Å². The van der Waals surface area contributed by atoms with Crippen LogP contribution in [0.2, 0.25) is 5.02 Å². The third-order valence-electron chi connectivity index (χ3n) is 3.41. The van der Waals surface area contributed by atoms with Gasteiger partial charge in [0.15, 0.2) is 0 Å². The highest BCUT2D eigenvalue weighted by Crippen LogP contribution is 2.33. The summed E-state index contributed by atoms with van der Waals surface area (Å²) in [5, 5.41) is 7.61. The lowest BCUT2D eigenvalue weighted by Crippen LogP contribution is -2.11. The molecule has 0 aliphatic heterocycles. The average Bonchev–Trinajstić information content (AvgIpc) is 3.07. The maximum atomic E-state index is 12.5. The van der Waals surface area contributed by atoms with Crippen molar-refractivity contribution in [2.75, 3.05) is 4.72 Å². The molecule has 2 aromatic heterocycles. The molecule has 0 spiro atoms. The topological polar surface area (TPSA) is 74.8 Å². The second-order valence-electron chi connectivity index (χ2n) is 5.06. The van der Waals surface area contributed by atoms with Crippen LogP contribution < -0.4 is 4.72 Å². The molecular weight excluding hydrogens is 354 g/mol. The van der Waals surface area contributed by atoms with Crippen LogP contribution in [0.3, 0.4) is 0 Å². The van der Waals surface area contributed by atoms with Crippen molar-refractivity contribution in [3.63, 3.8) is 0 Å². The third kappa shape index (κ3) is 3.26. The van der Waals surface area contributed by atoms with Crippen LogP contribution >= 0.6 is 22.9 Å². The van der Waals surface area contributed by atoms with Crippen LogP contribution in [-0.2, 0) is 10.0 Å². The first-order valence-corrected chi connectivity index (χ1v) is 9.45. The van der Waals surface area contributed by atoms with Gasteiger partial charge in [0.25, 0.3) is 10.0 Å².